The molecule has 4 N–H and O–H groups in total. The number of carbonyl (C=O) groups is 1. The van der Waals surface area contributed by atoms with Crippen molar-refractivity contribution in [3.8, 4) is 0 Å². The zero-order valence-electron chi connectivity index (χ0n) is 5.67. The lowest BCUT2D eigenvalue weighted by Crippen LogP contribution is -1.99. The van der Waals surface area contributed by atoms with Gasteiger partial charge in [-0.1, -0.05) is 0 Å². The SMILES string of the molecule is CC(=O)COO.O=P(O)(O)O. The molecule has 0 radical (unpaired) electrons. The average molecular weight is 188 g/mol. The maximum absolute atomic E-state index is 9.76. The fraction of sp³-hybridized carbons (Fsp3) is 0.667. The first-order valence-electron chi connectivity index (χ1n) is 2.31. The van der Waals surface area contributed by atoms with Crippen LogP contribution in [-0.2, 0) is 14.2 Å². The molecule has 11 heavy (non-hydrogen) atoms. The van der Waals surface area contributed by atoms with Gasteiger partial charge < -0.3 is 14.7 Å². The quantitative estimate of drug-likeness (QED) is 0.252. The van der Waals surface area contributed by atoms with E-state index < -0.39 is 7.82 Å². The smallest absolute Gasteiger partial charge is 0.303 e. The highest BCUT2D eigenvalue weighted by molar-refractivity contribution is 7.45. The molecule has 0 spiro atoms. The molecule has 0 aromatic carbocycles. The van der Waals surface area contributed by atoms with Crippen LogP contribution in [0.25, 0.3) is 0 Å². The van der Waals surface area contributed by atoms with Crippen molar-refractivity contribution in [2.75, 3.05) is 6.61 Å². The van der Waals surface area contributed by atoms with Gasteiger partial charge in [0.25, 0.3) is 0 Å². The molecule has 0 fully saturated rings. The molecule has 0 aromatic rings. The van der Waals surface area contributed by atoms with Gasteiger partial charge in [0.2, 0.25) is 0 Å². The third kappa shape index (κ3) is 78.9. The maximum atomic E-state index is 9.76. The first-order valence-corrected chi connectivity index (χ1v) is 3.88. The highest BCUT2D eigenvalue weighted by Gasteiger charge is 2.00. The Balaban J connectivity index is 0. The van der Waals surface area contributed by atoms with E-state index in [-0.39, 0.29) is 12.4 Å². The summed E-state index contributed by atoms with van der Waals surface area (Å²) >= 11 is 0. The fourth-order valence-corrected chi connectivity index (χ4v) is 0.0909. The number of hydrogen-bond acceptors (Lipinski definition) is 4. The molecule has 0 saturated carbocycles. The Morgan fingerprint density at radius 1 is 1.45 bits per heavy atom. The molecule has 0 unspecified atom stereocenters. The molecule has 0 aliphatic heterocycles. The van der Waals surface area contributed by atoms with Gasteiger partial charge in [-0.2, -0.15) is 0 Å². The van der Waals surface area contributed by atoms with Gasteiger partial charge in [0.15, 0.2) is 5.78 Å². The highest BCUT2D eigenvalue weighted by atomic mass is 31.2. The topological polar surface area (TPSA) is 124 Å². The van der Waals surface area contributed by atoms with Crippen LogP contribution in [-0.4, -0.2) is 32.3 Å². The minimum atomic E-state index is -4.64. The van der Waals surface area contributed by atoms with Gasteiger partial charge in [-0.05, 0) is 6.92 Å². The number of Topliss-reactive ketones (excluding diaryl/α,β-unsaturated/α-hetero) is 1. The normalized spacial score (nSPS) is 9.91. The van der Waals surface area contributed by atoms with Gasteiger partial charge in [0, 0.05) is 0 Å². The first kappa shape index (κ1) is 13.3. The van der Waals surface area contributed by atoms with E-state index in [9.17, 15) is 4.79 Å². The molecular weight excluding hydrogens is 179 g/mol. The predicted octanol–water partition coefficient (Wildman–Crippen LogP) is -0.864. The van der Waals surface area contributed by atoms with E-state index in [0.29, 0.717) is 0 Å². The van der Waals surface area contributed by atoms with Gasteiger partial charge in [-0.3, -0.25) is 10.1 Å². The minimum Gasteiger partial charge on any atom is -0.303 e. The lowest BCUT2D eigenvalue weighted by Gasteiger charge is -1.82. The molecule has 0 amide bonds. The third-order valence-corrected chi connectivity index (χ3v) is 0.268. The third-order valence-electron chi connectivity index (χ3n) is 0.268. The summed E-state index contributed by atoms with van der Waals surface area (Å²) in [4.78, 5) is 34.8. The van der Waals surface area contributed by atoms with Gasteiger partial charge >= 0.3 is 7.82 Å². The van der Waals surface area contributed by atoms with Crippen LogP contribution in [0.1, 0.15) is 6.92 Å². The second-order valence-electron chi connectivity index (χ2n) is 1.49. The molecular formula is C3H9O7P. The summed E-state index contributed by atoms with van der Waals surface area (Å²) < 4.78 is 8.88. The Bertz CT molecular complexity index is 140. The number of carbonyl (C=O) groups excluding carboxylic acids is 1. The van der Waals surface area contributed by atoms with Crippen LogP contribution >= 0.6 is 7.82 Å². The van der Waals surface area contributed by atoms with Crippen molar-refractivity contribution in [2.24, 2.45) is 0 Å². The number of rotatable bonds is 2. The Labute approximate surface area is 62.4 Å². The second kappa shape index (κ2) is 6.41. The zero-order chi connectivity index (χ0) is 9.49. The standard InChI is InChI=1S/C3H6O3.H3O4P/c1-3(4)2-6-5;1-5(2,3)4/h5H,2H2,1H3;(H3,1,2,3,4). The molecule has 0 bridgehead atoms. The van der Waals surface area contributed by atoms with Crippen LogP contribution in [0.15, 0.2) is 0 Å². The molecule has 0 aliphatic carbocycles. The van der Waals surface area contributed by atoms with Crippen LogP contribution < -0.4 is 0 Å². The van der Waals surface area contributed by atoms with E-state index in [1.54, 1.807) is 0 Å². The summed E-state index contributed by atoms with van der Waals surface area (Å²) in [6.07, 6.45) is 0. The molecule has 8 heteroatoms. The van der Waals surface area contributed by atoms with Crippen LogP contribution in [0.2, 0.25) is 0 Å². The van der Waals surface area contributed by atoms with Crippen molar-refractivity contribution in [3.05, 3.63) is 0 Å². The molecule has 68 valence electrons. The second-order valence-corrected chi connectivity index (χ2v) is 2.52. The van der Waals surface area contributed by atoms with Crippen molar-refractivity contribution in [2.45, 2.75) is 6.92 Å². The Hall–Kier alpha value is -0.300. The fourth-order valence-electron chi connectivity index (χ4n) is 0.0909. The Morgan fingerprint density at radius 3 is 1.73 bits per heavy atom. The number of phosphoric acid groups is 1. The molecule has 0 heterocycles. The van der Waals surface area contributed by atoms with E-state index in [1.807, 2.05) is 0 Å². The van der Waals surface area contributed by atoms with E-state index in [0.717, 1.165) is 0 Å². The van der Waals surface area contributed by atoms with Crippen molar-refractivity contribution in [1.29, 1.82) is 0 Å². The van der Waals surface area contributed by atoms with Gasteiger partial charge in [0.1, 0.15) is 6.61 Å². The lowest BCUT2D eigenvalue weighted by molar-refractivity contribution is -0.237. The van der Waals surface area contributed by atoms with Gasteiger partial charge in [-0.25, -0.2) is 9.45 Å². The van der Waals surface area contributed by atoms with E-state index in [2.05, 4.69) is 4.89 Å². The molecule has 0 aliphatic rings. The largest absolute Gasteiger partial charge is 0.466 e. The van der Waals surface area contributed by atoms with Gasteiger partial charge in [-0.15, -0.1) is 0 Å². The first-order chi connectivity index (χ1) is 4.77. The van der Waals surface area contributed by atoms with E-state index in [1.165, 1.54) is 6.92 Å². The molecule has 7 nitrogen and oxygen atoms in total. The number of ketones is 1. The molecule has 0 atom stereocenters. The maximum Gasteiger partial charge on any atom is 0.466 e. The van der Waals surface area contributed by atoms with Crippen molar-refractivity contribution < 1.29 is 34.2 Å². The summed E-state index contributed by atoms with van der Waals surface area (Å²) in [5.41, 5.74) is 0. The molecule has 0 saturated heterocycles. The van der Waals surface area contributed by atoms with Crippen LogP contribution in [0, 0.1) is 0 Å². The molecule has 0 rings (SSSR count). The zero-order valence-corrected chi connectivity index (χ0v) is 6.56. The summed E-state index contributed by atoms with van der Waals surface area (Å²) in [6, 6.07) is 0. The van der Waals surface area contributed by atoms with Crippen LogP contribution in [0.3, 0.4) is 0 Å². The lowest BCUT2D eigenvalue weighted by atomic mass is 10.5. The van der Waals surface area contributed by atoms with E-state index >= 15 is 0 Å². The summed E-state index contributed by atoms with van der Waals surface area (Å²) in [5, 5.41) is 7.52. The number of hydrogen-bond donors (Lipinski definition) is 4. The van der Waals surface area contributed by atoms with Crippen molar-refractivity contribution >= 4 is 13.6 Å². The predicted molar refractivity (Wildman–Crippen MR) is 33.5 cm³/mol. The summed E-state index contributed by atoms with van der Waals surface area (Å²) in [6.45, 7) is 1.12. The van der Waals surface area contributed by atoms with Gasteiger partial charge in [0.05, 0.1) is 0 Å². The van der Waals surface area contributed by atoms with Crippen LogP contribution in [0.4, 0.5) is 0 Å². The monoisotopic (exact) mass is 188 g/mol. The van der Waals surface area contributed by atoms with Crippen LogP contribution in [0.5, 0.6) is 0 Å². The van der Waals surface area contributed by atoms with E-state index in [4.69, 9.17) is 24.5 Å². The average Bonchev–Trinajstić information content (AvgIpc) is 1.58. The highest BCUT2D eigenvalue weighted by Crippen LogP contribution is 2.25. The summed E-state index contributed by atoms with van der Waals surface area (Å²) in [7, 11) is -4.64. The molecule has 0 aromatic heterocycles. The van der Waals surface area contributed by atoms with Crippen molar-refractivity contribution in [3.63, 3.8) is 0 Å². The Kier molecular flexibility index (Phi) is 7.75. The van der Waals surface area contributed by atoms with Crippen molar-refractivity contribution in [1.82, 2.24) is 0 Å². The minimum absolute atomic E-state index is 0.183. The summed E-state index contributed by atoms with van der Waals surface area (Å²) in [5.74, 6) is -0.183. The Morgan fingerprint density at radius 2 is 1.73 bits per heavy atom.